The van der Waals surface area contributed by atoms with Crippen LogP contribution < -0.4 is 0 Å². The highest BCUT2D eigenvalue weighted by Gasteiger charge is 2.10. The van der Waals surface area contributed by atoms with Crippen LogP contribution in [0.3, 0.4) is 0 Å². The van der Waals surface area contributed by atoms with Crippen LogP contribution in [0.25, 0.3) is 0 Å². The number of amides is 1. The summed E-state index contributed by atoms with van der Waals surface area (Å²) in [6.07, 6.45) is 0. The number of hydrogen-bond acceptors (Lipinski definition) is 3. The molecule has 0 saturated carbocycles. The van der Waals surface area contributed by atoms with Crippen LogP contribution in [0.2, 0.25) is 0 Å². The van der Waals surface area contributed by atoms with Gasteiger partial charge >= 0.3 is 0 Å². The molecule has 1 amide bonds. The minimum absolute atomic E-state index is 0.0630. The highest BCUT2D eigenvalue weighted by molar-refractivity contribution is 9.11. The van der Waals surface area contributed by atoms with E-state index in [2.05, 4.69) is 20.3 Å². The molecule has 1 rings (SSSR count). The minimum Gasteiger partial charge on any atom is -0.343 e. The SMILES string of the molecule is CN(C)C(=O)c1cc(Br)sn1. The van der Waals surface area contributed by atoms with Crippen LogP contribution in [-0.4, -0.2) is 29.3 Å². The summed E-state index contributed by atoms with van der Waals surface area (Å²) in [5.74, 6) is -0.0630. The van der Waals surface area contributed by atoms with Gasteiger partial charge in [0, 0.05) is 14.1 Å². The summed E-state index contributed by atoms with van der Waals surface area (Å²) in [6, 6.07) is 1.72. The first-order chi connectivity index (χ1) is 5.11. The average molecular weight is 235 g/mol. The lowest BCUT2D eigenvalue weighted by Gasteiger charge is -2.05. The molecule has 0 spiro atoms. The highest BCUT2D eigenvalue weighted by Crippen LogP contribution is 2.17. The van der Waals surface area contributed by atoms with Crippen molar-refractivity contribution in [1.29, 1.82) is 0 Å². The normalized spacial score (nSPS) is 9.73. The molecule has 3 nitrogen and oxygen atoms in total. The van der Waals surface area contributed by atoms with Crippen LogP contribution in [0.5, 0.6) is 0 Å². The summed E-state index contributed by atoms with van der Waals surface area (Å²) in [5.41, 5.74) is 0.492. The molecule has 0 aliphatic carbocycles. The third kappa shape index (κ3) is 2.00. The fourth-order valence-electron chi connectivity index (χ4n) is 0.583. The van der Waals surface area contributed by atoms with Crippen molar-refractivity contribution in [1.82, 2.24) is 9.27 Å². The van der Waals surface area contributed by atoms with Gasteiger partial charge in [0.2, 0.25) is 0 Å². The highest BCUT2D eigenvalue weighted by atomic mass is 79.9. The fourth-order valence-corrected chi connectivity index (χ4v) is 1.50. The molecule has 1 heterocycles. The second kappa shape index (κ2) is 3.32. The first-order valence-corrected chi connectivity index (χ1v) is 4.52. The molecule has 0 radical (unpaired) electrons. The lowest BCUT2D eigenvalue weighted by atomic mass is 10.4. The maximum Gasteiger partial charge on any atom is 0.273 e. The number of carbonyl (C=O) groups excluding carboxylic acids is 1. The first-order valence-electron chi connectivity index (χ1n) is 2.95. The second-order valence-electron chi connectivity index (χ2n) is 2.22. The van der Waals surface area contributed by atoms with Gasteiger partial charge in [0.25, 0.3) is 5.91 Å². The van der Waals surface area contributed by atoms with Crippen molar-refractivity contribution in [2.45, 2.75) is 0 Å². The zero-order valence-electron chi connectivity index (χ0n) is 6.17. The fraction of sp³-hybridized carbons (Fsp3) is 0.333. The van der Waals surface area contributed by atoms with Crippen molar-refractivity contribution in [3.8, 4) is 0 Å². The summed E-state index contributed by atoms with van der Waals surface area (Å²) in [6.45, 7) is 0. The number of halogens is 1. The van der Waals surface area contributed by atoms with Crippen molar-refractivity contribution in [3.05, 3.63) is 15.5 Å². The topological polar surface area (TPSA) is 33.2 Å². The summed E-state index contributed by atoms with van der Waals surface area (Å²) >= 11 is 4.50. The third-order valence-electron chi connectivity index (χ3n) is 1.11. The molecule has 5 heteroatoms. The zero-order chi connectivity index (χ0) is 8.43. The molecule has 1 aromatic rings. The summed E-state index contributed by atoms with van der Waals surface area (Å²) in [4.78, 5) is 12.7. The summed E-state index contributed by atoms with van der Waals surface area (Å²) in [5, 5.41) is 0. The molecular formula is C6H7BrN2OS. The summed E-state index contributed by atoms with van der Waals surface area (Å²) < 4.78 is 4.82. The molecule has 1 aromatic heterocycles. The smallest absolute Gasteiger partial charge is 0.273 e. The molecule has 0 saturated heterocycles. The Kier molecular flexibility index (Phi) is 2.62. The number of hydrogen-bond donors (Lipinski definition) is 0. The van der Waals surface area contributed by atoms with Gasteiger partial charge in [0.05, 0.1) is 3.79 Å². The van der Waals surface area contributed by atoms with Crippen LogP contribution in [0.4, 0.5) is 0 Å². The van der Waals surface area contributed by atoms with E-state index in [4.69, 9.17) is 0 Å². The van der Waals surface area contributed by atoms with Crippen molar-refractivity contribution in [3.63, 3.8) is 0 Å². The zero-order valence-corrected chi connectivity index (χ0v) is 8.57. The minimum atomic E-state index is -0.0630. The van der Waals surface area contributed by atoms with Gasteiger partial charge in [-0.05, 0) is 33.5 Å². The Morgan fingerprint density at radius 1 is 1.73 bits per heavy atom. The van der Waals surface area contributed by atoms with E-state index in [1.807, 2.05) is 0 Å². The van der Waals surface area contributed by atoms with E-state index >= 15 is 0 Å². The van der Waals surface area contributed by atoms with E-state index in [0.717, 1.165) is 3.79 Å². The van der Waals surface area contributed by atoms with Gasteiger partial charge in [0.15, 0.2) is 0 Å². The van der Waals surface area contributed by atoms with Gasteiger partial charge in [-0.2, -0.15) is 4.37 Å². The first kappa shape index (κ1) is 8.67. The van der Waals surface area contributed by atoms with E-state index < -0.39 is 0 Å². The van der Waals surface area contributed by atoms with Crippen molar-refractivity contribution in [2.24, 2.45) is 0 Å². The number of carbonyl (C=O) groups is 1. The quantitative estimate of drug-likeness (QED) is 0.740. The van der Waals surface area contributed by atoms with Gasteiger partial charge in [-0.3, -0.25) is 4.79 Å². The number of rotatable bonds is 1. The van der Waals surface area contributed by atoms with Crippen LogP contribution >= 0.6 is 27.5 Å². The van der Waals surface area contributed by atoms with Crippen LogP contribution in [-0.2, 0) is 0 Å². The molecule has 60 valence electrons. The predicted octanol–water partition coefficient (Wildman–Crippen LogP) is 1.61. The molecule has 0 atom stereocenters. The van der Waals surface area contributed by atoms with Crippen molar-refractivity contribution < 1.29 is 4.79 Å². The van der Waals surface area contributed by atoms with Gasteiger partial charge < -0.3 is 4.90 Å². The lowest BCUT2D eigenvalue weighted by molar-refractivity contribution is 0.0823. The molecule has 0 aliphatic heterocycles. The standard InChI is InChI=1S/C6H7BrN2OS/c1-9(2)6(10)4-3-5(7)11-8-4/h3H,1-2H3. The van der Waals surface area contributed by atoms with Gasteiger partial charge in [0.1, 0.15) is 5.69 Å². The molecule has 0 N–H and O–H groups in total. The van der Waals surface area contributed by atoms with Crippen LogP contribution in [0, 0.1) is 0 Å². The Morgan fingerprint density at radius 3 is 2.73 bits per heavy atom. The Bertz CT molecular complexity index is 271. The van der Waals surface area contributed by atoms with Gasteiger partial charge in [-0.25, -0.2) is 0 Å². The average Bonchev–Trinajstić information content (AvgIpc) is 2.34. The Morgan fingerprint density at radius 2 is 2.36 bits per heavy atom. The second-order valence-corrected chi connectivity index (χ2v) is 4.40. The van der Waals surface area contributed by atoms with Crippen molar-refractivity contribution in [2.75, 3.05) is 14.1 Å². The van der Waals surface area contributed by atoms with E-state index in [1.54, 1.807) is 20.2 Å². The molecule has 0 aromatic carbocycles. The number of aromatic nitrogens is 1. The van der Waals surface area contributed by atoms with E-state index in [9.17, 15) is 4.79 Å². The molecule has 0 fully saturated rings. The Labute approximate surface area is 77.3 Å². The maximum absolute atomic E-state index is 11.2. The lowest BCUT2D eigenvalue weighted by Crippen LogP contribution is -2.21. The third-order valence-corrected chi connectivity index (χ3v) is 2.35. The molecule has 11 heavy (non-hydrogen) atoms. The van der Waals surface area contributed by atoms with Crippen LogP contribution in [0.15, 0.2) is 9.85 Å². The Balaban J connectivity index is 2.85. The summed E-state index contributed by atoms with van der Waals surface area (Å²) in [7, 11) is 3.41. The van der Waals surface area contributed by atoms with E-state index in [1.165, 1.54) is 16.4 Å². The Hall–Kier alpha value is -0.420. The van der Waals surface area contributed by atoms with Crippen molar-refractivity contribution >= 4 is 33.4 Å². The number of nitrogens with zero attached hydrogens (tertiary/aromatic N) is 2. The monoisotopic (exact) mass is 234 g/mol. The van der Waals surface area contributed by atoms with Gasteiger partial charge in [-0.1, -0.05) is 0 Å². The molecular weight excluding hydrogens is 228 g/mol. The predicted molar refractivity (Wildman–Crippen MR) is 47.8 cm³/mol. The molecule has 0 bridgehead atoms. The van der Waals surface area contributed by atoms with Crippen LogP contribution in [0.1, 0.15) is 10.5 Å². The van der Waals surface area contributed by atoms with Gasteiger partial charge in [-0.15, -0.1) is 0 Å². The van der Waals surface area contributed by atoms with E-state index in [0.29, 0.717) is 5.69 Å². The maximum atomic E-state index is 11.2. The molecule has 0 aliphatic rings. The molecule has 0 unspecified atom stereocenters. The van der Waals surface area contributed by atoms with E-state index in [-0.39, 0.29) is 5.91 Å². The largest absolute Gasteiger partial charge is 0.343 e.